The summed E-state index contributed by atoms with van der Waals surface area (Å²) in [4.78, 5) is 0. The molecule has 0 aliphatic heterocycles. The second-order valence-electron chi connectivity index (χ2n) is 5.34. The van der Waals surface area contributed by atoms with E-state index in [0.29, 0.717) is 6.61 Å². The first-order valence-electron chi connectivity index (χ1n) is 7.48. The zero-order chi connectivity index (χ0) is 15.8. The van der Waals surface area contributed by atoms with Crippen LogP contribution in [0.1, 0.15) is 18.6 Å². The van der Waals surface area contributed by atoms with Gasteiger partial charge in [0.15, 0.2) is 0 Å². The minimum Gasteiger partial charge on any atom is -0.492 e. The van der Waals surface area contributed by atoms with Gasteiger partial charge >= 0.3 is 0 Å². The second-order valence-corrected chi connectivity index (χ2v) is 5.34. The maximum Gasteiger partial charge on any atom is 0.119 e. The lowest BCUT2D eigenvalue weighted by atomic mass is 10.0. The Morgan fingerprint density at radius 2 is 1.59 bits per heavy atom. The summed E-state index contributed by atoms with van der Waals surface area (Å²) in [5.74, 6) is 0.806. The van der Waals surface area contributed by atoms with Gasteiger partial charge in [-0.1, -0.05) is 48.5 Å². The number of ether oxygens (including phenoxy) is 1. The maximum atomic E-state index is 10.4. The van der Waals surface area contributed by atoms with Crippen molar-refractivity contribution in [2.24, 2.45) is 0 Å². The van der Waals surface area contributed by atoms with E-state index in [1.54, 1.807) is 0 Å². The summed E-state index contributed by atoms with van der Waals surface area (Å²) >= 11 is 0. The van der Waals surface area contributed by atoms with Crippen molar-refractivity contribution in [1.29, 1.82) is 0 Å². The van der Waals surface area contributed by atoms with E-state index in [1.165, 1.54) is 0 Å². The highest BCUT2D eigenvalue weighted by Gasteiger charge is 2.21. The molecule has 0 heterocycles. The zero-order valence-electron chi connectivity index (χ0n) is 12.7. The Bertz CT molecular complexity index is 533. The molecule has 0 aliphatic rings. The van der Waals surface area contributed by atoms with Crippen LogP contribution in [0.2, 0.25) is 0 Å². The summed E-state index contributed by atoms with van der Waals surface area (Å²) in [6, 6.07) is 18.5. The van der Waals surface area contributed by atoms with Crippen molar-refractivity contribution >= 4 is 0 Å². The molecule has 0 saturated heterocycles. The molecule has 0 aromatic heterocycles. The van der Waals surface area contributed by atoms with Crippen LogP contribution in [-0.2, 0) is 0 Å². The lowest BCUT2D eigenvalue weighted by molar-refractivity contribution is 0.0797. The van der Waals surface area contributed by atoms with Crippen molar-refractivity contribution in [3.05, 3.63) is 66.2 Å². The fourth-order valence-electron chi connectivity index (χ4n) is 2.28. The van der Waals surface area contributed by atoms with Gasteiger partial charge in [0.1, 0.15) is 12.4 Å². The Kier molecular flexibility index (Phi) is 6.40. The summed E-state index contributed by atoms with van der Waals surface area (Å²) in [5.41, 5.74) is 0.783. The number of aliphatic hydroxyl groups is 2. The van der Waals surface area contributed by atoms with Crippen molar-refractivity contribution in [1.82, 2.24) is 5.32 Å². The summed E-state index contributed by atoms with van der Waals surface area (Å²) in [6.45, 7) is 2.27. The summed E-state index contributed by atoms with van der Waals surface area (Å²) in [7, 11) is 0. The third-order valence-corrected chi connectivity index (χ3v) is 3.46. The highest BCUT2D eigenvalue weighted by atomic mass is 16.5. The number of rotatable bonds is 8. The number of hydrogen-bond acceptors (Lipinski definition) is 4. The van der Waals surface area contributed by atoms with Crippen LogP contribution in [0.15, 0.2) is 60.7 Å². The largest absolute Gasteiger partial charge is 0.492 e. The Morgan fingerprint density at radius 1 is 1.00 bits per heavy atom. The molecule has 2 aromatic rings. The SMILES string of the molecule is C[C@H](COc1ccccc1)N[C@H](CO)[C@@H](O)c1ccccc1. The predicted octanol–water partition coefficient (Wildman–Crippen LogP) is 2.14. The van der Waals surface area contributed by atoms with E-state index in [1.807, 2.05) is 67.6 Å². The van der Waals surface area contributed by atoms with Gasteiger partial charge in [-0.15, -0.1) is 0 Å². The smallest absolute Gasteiger partial charge is 0.119 e. The monoisotopic (exact) mass is 301 g/mol. The molecular formula is C18H23NO3. The van der Waals surface area contributed by atoms with Crippen LogP contribution in [0.25, 0.3) is 0 Å². The molecule has 0 spiro atoms. The molecule has 2 rings (SSSR count). The minimum atomic E-state index is -0.759. The molecule has 3 N–H and O–H groups in total. The van der Waals surface area contributed by atoms with Crippen LogP contribution >= 0.6 is 0 Å². The van der Waals surface area contributed by atoms with Gasteiger partial charge in [-0.25, -0.2) is 0 Å². The fourth-order valence-corrected chi connectivity index (χ4v) is 2.28. The van der Waals surface area contributed by atoms with Crippen LogP contribution in [0, 0.1) is 0 Å². The summed E-state index contributed by atoms with van der Waals surface area (Å²) < 4.78 is 5.67. The van der Waals surface area contributed by atoms with Gasteiger partial charge in [-0.3, -0.25) is 0 Å². The molecule has 0 bridgehead atoms. The predicted molar refractivity (Wildman–Crippen MR) is 86.8 cm³/mol. The second kappa shape index (κ2) is 8.54. The molecule has 0 amide bonds. The Hall–Kier alpha value is -1.88. The number of benzene rings is 2. The van der Waals surface area contributed by atoms with Crippen molar-refractivity contribution < 1.29 is 14.9 Å². The number of hydrogen-bond donors (Lipinski definition) is 3. The molecule has 0 radical (unpaired) electrons. The fraction of sp³-hybridized carbons (Fsp3) is 0.333. The van der Waals surface area contributed by atoms with E-state index in [2.05, 4.69) is 5.32 Å². The van der Waals surface area contributed by atoms with Crippen LogP contribution in [-0.4, -0.2) is 35.5 Å². The van der Waals surface area contributed by atoms with Gasteiger partial charge < -0.3 is 20.3 Å². The van der Waals surface area contributed by atoms with Crippen LogP contribution in [0.4, 0.5) is 0 Å². The lowest BCUT2D eigenvalue weighted by Crippen LogP contribution is -2.45. The molecule has 0 aliphatic carbocycles. The minimum absolute atomic E-state index is 0.00396. The van der Waals surface area contributed by atoms with Gasteiger partial charge in [-0.05, 0) is 24.6 Å². The third kappa shape index (κ3) is 4.84. The first-order valence-corrected chi connectivity index (χ1v) is 7.48. The molecule has 3 atom stereocenters. The number of aliphatic hydroxyl groups excluding tert-OH is 2. The van der Waals surface area contributed by atoms with E-state index in [4.69, 9.17) is 4.74 Å². The van der Waals surface area contributed by atoms with E-state index in [-0.39, 0.29) is 12.6 Å². The summed E-state index contributed by atoms with van der Waals surface area (Å²) in [6.07, 6.45) is -0.759. The van der Waals surface area contributed by atoms with Gasteiger partial charge in [0.2, 0.25) is 0 Å². The Labute approximate surface area is 131 Å². The molecular weight excluding hydrogens is 278 g/mol. The number of para-hydroxylation sites is 1. The van der Waals surface area contributed by atoms with Crippen molar-refractivity contribution in [3.63, 3.8) is 0 Å². The number of nitrogens with one attached hydrogen (secondary N) is 1. The van der Waals surface area contributed by atoms with Gasteiger partial charge in [0.25, 0.3) is 0 Å². The molecule has 4 heteroatoms. The molecule has 4 nitrogen and oxygen atoms in total. The zero-order valence-corrected chi connectivity index (χ0v) is 12.7. The third-order valence-electron chi connectivity index (χ3n) is 3.46. The topological polar surface area (TPSA) is 61.7 Å². The van der Waals surface area contributed by atoms with Crippen molar-refractivity contribution in [3.8, 4) is 5.75 Å². The van der Waals surface area contributed by atoms with E-state index in [0.717, 1.165) is 11.3 Å². The quantitative estimate of drug-likeness (QED) is 0.699. The highest BCUT2D eigenvalue weighted by Crippen LogP contribution is 2.17. The van der Waals surface area contributed by atoms with Crippen molar-refractivity contribution in [2.45, 2.75) is 25.1 Å². The highest BCUT2D eigenvalue weighted by molar-refractivity contribution is 5.21. The van der Waals surface area contributed by atoms with E-state index in [9.17, 15) is 10.2 Å². The Morgan fingerprint density at radius 3 is 2.18 bits per heavy atom. The standard InChI is InChI=1S/C18H23NO3/c1-14(13-22-16-10-6-3-7-11-16)19-17(12-20)18(21)15-8-4-2-5-9-15/h2-11,14,17-21H,12-13H2,1H3/t14-,17-,18+/m1/s1. The average Bonchev–Trinajstić information content (AvgIpc) is 2.59. The average molecular weight is 301 g/mol. The van der Waals surface area contributed by atoms with Crippen LogP contribution < -0.4 is 10.1 Å². The molecule has 22 heavy (non-hydrogen) atoms. The molecule has 0 unspecified atom stereocenters. The van der Waals surface area contributed by atoms with Gasteiger partial charge in [0.05, 0.1) is 18.8 Å². The lowest BCUT2D eigenvalue weighted by Gasteiger charge is -2.26. The molecule has 0 fully saturated rings. The first kappa shape index (κ1) is 16.5. The van der Waals surface area contributed by atoms with Gasteiger partial charge in [0, 0.05) is 6.04 Å². The van der Waals surface area contributed by atoms with E-state index < -0.39 is 12.1 Å². The molecule has 0 saturated carbocycles. The Balaban J connectivity index is 1.86. The van der Waals surface area contributed by atoms with Gasteiger partial charge in [-0.2, -0.15) is 0 Å². The summed E-state index contributed by atoms with van der Waals surface area (Å²) in [5, 5.41) is 23.1. The molecule has 2 aromatic carbocycles. The van der Waals surface area contributed by atoms with E-state index >= 15 is 0 Å². The molecule has 118 valence electrons. The van der Waals surface area contributed by atoms with Crippen LogP contribution in [0.5, 0.6) is 5.75 Å². The van der Waals surface area contributed by atoms with Crippen molar-refractivity contribution in [2.75, 3.05) is 13.2 Å². The maximum absolute atomic E-state index is 10.4. The first-order chi connectivity index (χ1) is 10.7. The normalized spacial score (nSPS) is 15.0. The van der Waals surface area contributed by atoms with Crippen LogP contribution in [0.3, 0.4) is 0 Å².